The van der Waals surface area contributed by atoms with E-state index >= 15 is 0 Å². The summed E-state index contributed by atoms with van der Waals surface area (Å²) in [4.78, 5) is 18.2. The number of rotatable bonds is 5. The summed E-state index contributed by atoms with van der Waals surface area (Å²) in [6, 6.07) is 9.37. The maximum Gasteiger partial charge on any atom is 0.132 e. The molecule has 1 saturated heterocycles. The Balaban J connectivity index is 0.000000212. The van der Waals surface area contributed by atoms with Crippen LogP contribution in [-0.4, -0.2) is 67.2 Å². The Labute approximate surface area is 218 Å². The molecule has 0 bridgehead atoms. The first kappa shape index (κ1) is 27.4. The van der Waals surface area contributed by atoms with Crippen molar-refractivity contribution in [2.75, 3.05) is 57.5 Å². The molecule has 1 fully saturated rings. The van der Waals surface area contributed by atoms with Gasteiger partial charge in [0.1, 0.15) is 17.5 Å². The molecule has 190 valence electrons. The Kier molecular flexibility index (Phi) is 10.0. The maximum absolute atomic E-state index is 14.4. The van der Waals surface area contributed by atoms with Crippen LogP contribution in [0.25, 0.3) is 21.8 Å². The monoisotopic (exact) mass is 506 g/mol. The summed E-state index contributed by atoms with van der Waals surface area (Å²) >= 11 is 1.47. The summed E-state index contributed by atoms with van der Waals surface area (Å²) in [5.41, 5.74) is 1.73. The van der Waals surface area contributed by atoms with E-state index in [-0.39, 0.29) is 5.82 Å². The van der Waals surface area contributed by atoms with Crippen molar-refractivity contribution in [2.45, 2.75) is 13.8 Å². The maximum atomic E-state index is 14.4. The van der Waals surface area contributed by atoms with E-state index in [0.29, 0.717) is 5.56 Å². The van der Waals surface area contributed by atoms with Crippen molar-refractivity contribution in [2.24, 2.45) is 4.99 Å². The first-order valence-corrected chi connectivity index (χ1v) is 12.8. The Morgan fingerprint density at radius 2 is 1.89 bits per heavy atom. The molecule has 0 amide bonds. The molecular weight excluding hydrogens is 471 g/mol. The molecule has 3 aromatic rings. The van der Waals surface area contributed by atoms with Crippen LogP contribution in [0.15, 0.2) is 60.4 Å². The fraction of sp³-hybridized carbons (Fsp3) is 0.321. The first-order chi connectivity index (χ1) is 17.4. The quantitative estimate of drug-likeness (QED) is 0.337. The van der Waals surface area contributed by atoms with Crippen LogP contribution in [0.4, 0.5) is 16.0 Å². The van der Waals surface area contributed by atoms with Crippen molar-refractivity contribution in [3.63, 3.8) is 0 Å². The van der Waals surface area contributed by atoms with E-state index in [1.807, 2.05) is 57.4 Å². The molecule has 1 aliphatic heterocycles. The van der Waals surface area contributed by atoms with E-state index in [2.05, 4.69) is 49.8 Å². The third kappa shape index (κ3) is 7.15. The molecule has 3 heterocycles. The smallest absolute Gasteiger partial charge is 0.132 e. The standard InChI is InChI=1S/C16H18FN3S.C12H17N3/c1-5-15(21-10(2)18-3)13-6-11-8-16(19-4)20-9-12(11)7-14(13)17;1-3-11-4-5-13-12(10-11)15-8-6-14(2)7-9-15/h5-9H,1-4H3,(H,19,20);3-5,10H,1,6-9H2,2H3/b15-5+,18-10?;. The van der Waals surface area contributed by atoms with E-state index in [0.717, 1.165) is 64.1 Å². The second kappa shape index (κ2) is 13.2. The molecule has 4 rings (SSSR count). The number of likely N-dealkylation sites (N-methyl/N-ethyl adjacent to an activating group) is 1. The zero-order valence-corrected chi connectivity index (χ0v) is 22.6. The number of hydrogen-bond acceptors (Lipinski definition) is 7. The van der Waals surface area contributed by atoms with E-state index < -0.39 is 0 Å². The molecule has 0 atom stereocenters. The molecule has 0 spiro atoms. The highest BCUT2D eigenvalue weighted by Gasteiger charge is 2.15. The predicted molar refractivity (Wildman–Crippen MR) is 156 cm³/mol. The van der Waals surface area contributed by atoms with Gasteiger partial charge in [0, 0.05) is 68.5 Å². The fourth-order valence-corrected chi connectivity index (χ4v) is 4.53. The van der Waals surface area contributed by atoms with E-state index in [1.54, 1.807) is 13.2 Å². The Morgan fingerprint density at radius 3 is 2.53 bits per heavy atom. The minimum Gasteiger partial charge on any atom is -0.373 e. The average Bonchev–Trinajstić information content (AvgIpc) is 2.91. The number of aliphatic imine (C=N–C) groups is 1. The lowest BCUT2D eigenvalue weighted by Gasteiger charge is -2.33. The average molecular weight is 507 g/mol. The van der Waals surface area contributed by atoms with Gasteiger partial charge in [0.25, 0.3) is 0 Å². The molecular formula is C28H35FN6S. The van der Waals surface area contributed by atoms with Crippen LogP contribution >= 0.6 is 11.8 Å². The second-order valence-corrected chi connectivity index (χ2v) is 9.67. The predicted octanol–water partition coefficient (Wildman–Crippen LogP) is 6.03. The van der Waals surface area contributed by atoms with Gasteiger partial charge in [-0.05, 0) is 62.2 Å². The molecule has 0 unspecified atom stereocenters. The number of piperazine rings is 1. The van der Waals surface area contributed by atoms with Crippen LogP contribution in [0.1, 0.15) is 25.0 Å². The molecule has 1 N–H and O–H groups in total. The number of halogens is 1. The van der Waals surface area contributed by atoms with Crippen LogP contribution in [-0.2, 0) is 0 Å². The van der Waals surface area contributed by atoms with Crippen LogP contribution in [0.3, 0.4) is 0 Å². The largest absolute Gasteiger partial charge is 0.373 e. The molecule has 1 aliphatic rings. The zero-order chi connectivity index (χ0) is 26.1. The summed E-state index contributed by atoms with van der Waals surface area (Å²) in [7, 11) is 5.70. The number of nitrogens with one attached hydrogen (secondary N) is 1. The molecule has 1 aromatic carbocycles. The minimum atomic E-state index is -0.244. The lowest BCUT2D eigenvalue weighted by atomic mass is 10.1. The lowest BCUT2D eigenvalue weighted by molar-refractivity contribution is 0.312. The second-order valence-electron chi connectivity index (χ2n) is 8.44. The molecule has 8 heteroatoms. The van der Waals surface area contributed by atoms with Gasteiger partial charge in [-0.25, -0.2) is 14.4 Å². The summed E-state index contributed by atoms with van der Waals surface area (Å²) in [6.45, 7) is 11.9. The van der Waals surface area contributed by atoms with E-state index in [9.17, 15) is 4.39 Å². The van der Waals surface area contributed by atoms with Crippen molar-refractivity contribution in [1.29, 1.82) is 0 Å². The van der Waals surface area contributed by atoms with E-state index in [1.165, 1.54) is 17.8 Å². The number of thioether (sulfide) groups is 1. The highest BCUT2D eigenvalue weighted by atomic mass is 32.2. The number of allylic oxidation sites excluding steroid dienone is 1. The first-order valence-electron chi connectivity index (χ1n) is 12.0. The van der Waals surface area contributed by atoms with Gasteiger partial charge in [0.15, 0.2) is 0 Å². The highest BCUT2D eigenvalue weighted by molar-refractivity contribution is 8.21. The Bertz CT molecular complexity index is 1250. The van der Waals surface area contributed by atoms with Crippen molar-refractivity contribution in [3.05, 3.63) is 72.3 Å². The van der Waals surface area contributed by atoms with Gasteiger partial charge in [0.2, 0.25) is 0 Å². The van der Waals surface area contributed by atoms with Gasteiger partial charge in [-0.1, -0.05) is 30.5 Å². The number of anilines is 2. The normalized spacial score (nSPS) is 14.9. The molecule has 0 saturated carbocycles. The van der Waals surface area contributed by atoms with Crippen LogP contribution in [0.2, 0.25) is 0 Å². The molecule has 0 radical (unpaired) electrons. The molecule has 0 aliphatic carbocycles. The fourth-order valence-electron chi connectivity index (χ4n) is 3.74. The third-order valence-corrected chi connectivity index (χ3v) is 7.15. The van der Waals surface area contributed by atoms with Gasteiger partial charge < -0.3 is 15.1 Å². The van der Waals surface area contributed by atoms with Crippen molar-refractivity contribution < 1.29 is 4.39 Å². The van der Waals surface area contributed by atoms with Gasteiger partial charge in [0.05, 0.1) is 5.04 Å². The molecule has 2 aromatic heterocycles. The number of fused-ring (bicyclic) bond motifs is 1. The highest BCUT2D eigenvalue weighted by Crippen LogP contribution is 2.33. The van der Waals surface area contributed by atoms with Crippen LogP contribution in [0, 0.1) is 5.82 Å². The summed E-state index contributed by atoms with van der Waals surface area (Å²) in [5, 5.41) is 5.63. The summed E-state index contributed by atoms with van der Waals surface area (Å²) in [6.07, 6.45) is 7.30. The number of hydrogen-bond donors (Lipinski definition) is 1. The van der Waals surface area contributed by atoms with Crippen LogP contribution < -0.4 is 10.2 Å². The van der Waals surface area contributed by atoms with Crippen molar-refractivity contribution in [1.82, 2.24) is 14.9 Å². The topological polar surface area (TPSA) is 56.7 Å². The Hall–Kier alpha value is -3.23. The molecule has 36 heavy (non-hydrogen) atoms. The number of aromatic nitrogens is 2. The van der Waals surface area contributed by atoms with E-state index in [4.69, 9.17) is 0 Å². The number of nitrogens with zero attached hydrogens (tertiary/aromatic N) is 5. The summed E-state index contributed by atoms with van der Waals surface area (Å²) in [5.74, 6) is 1.59. The minimum absolute atomic E-state index is 0.244. The van der Waals surface area contributed by atoms with Crippen LogP contribution in [0.5, 0.6) is 0 Å². The van der Waals surface area contributed by atoms with Gasteiger partial charge >= 0.3 is 0 Å². The van der Waals surface area contributed by atoms with Gasteiger partial charge in [-0.3, -0.25) is 4.99 Å². The van der Waals surface area contributed by atoms with Crippen molar-refractivity contribution in [3.8, 4) is 0 Å². The van der Waals surface area contributed by atoms with Gasteiger partial charge in [-0.15, -0.1) is 0 Å². The van der Waals surface area contributed by atoms with Crippen molar-refractivity contribution >= 4 is 50.2 Å². The number of benzene rings is 1. The van der Waals surface area contributed by atoms with Gasteiger partial charge in [-0.2, -0.15) is 0 Å². The Morgan fingerprint density at radius 1 is 1.14 bits per heavy atom. The third-order valence-electron chi connectivity index (χ3n) is 6.00. The molecule has 6 nitrogen and oxygen atoms in total. The SMILES string of the molecule is C/C=C(/SC(C)=NC)c1cc2cc(NC)ncc2cc1F.C=Cc1ccnc(N2CCN(C)CC2)c1. The number of pyridine rings is 2. The zero-order valence-electron chi connectivity index (χ0n) is 21.8. The summed E-state index contributed by atoms with van der Waals surface area (Å²) < 4.78 is 14.4. The lowest BCUT2D eigenvalue weighted by Crippen LogP contribution is -2.44.